The molecule has 0 bridgehead atoms. The fourth-order valence-electron chi connectivity index (χ4n) is 2.62. The van der Waals surface area contributed by atoms with Crippen LogP contribution in [0.3, 0.4) is 0 Å². The molecule has 0 aromatic heterocycles. The van der Waals surface area contributed by atoms with Gasteiger partial charge in [-0.15, -0.1) is 0 Å². The van der Waals surface area contributed by atoms with Gasteiger partial charge in [0.1, 0.15) is 11.8 Å². The second kappa shape index (κ2) is 8.41. The summed E-state index contributed by atoms with van der Waals surface area (Å²) in [6.07, 6.45) is 6.22. The van der Waals surface area contributed by atoms with Crippen molar-refractivity contribution in [3.63, 3.8) is 0 Å². The molecular formula is C17H24N2O3. The molecule has 5 heteroatoms. The second-order valence-electron chi connectivity index (χ2n) is 5.77. The van der Waals surface area contributed by atoms with Crippen LogP contribution in [0.5, 0.6) is 5.75 Å². The average molecular weight is 304 g/mol. The lowest BCUT2D eigenvalue weighted by molar-refractivity contribution is -0.123. The topological polar surface area (TPSA) is 67.4 Å². The molecule has 1 aromatic rings. The largest absolute Gasteiger partial charge is 0.413 e. The van der Waals surface area contributed by atoms with Crippen LogP contribution in [-0.2, 0) is 4.79 Å². The number of nitrogens with one attached hydrogen (secondary N) is 2. The lowest BCUT2D eigenvalue weighted by atomic mass is 10.1. The standard InChI is InChI=1S/C17H24N2O3/c1-13(16(20)19-14-9-5-2-3-6-10-14)18-17(21)22-15-11-7-4-8-12-15/h4,7-8,11-14H,2-3,5-6,9-10H2,1H3,(H,18,21)(H,19,20)/t13-/m0/s1. The van der Waals surface area contributed by atoms with Gasteiger partial charge in [0.05, 0.1) is 0 Å². The Bertz CT molecular complexity index is 482. The highest BCUT2D eigenvalue weighted by Gasteiger charge is 2.20. The summed E-state index contributed by atoms with van der Waals surface area (Å²) in [6.45, 7) is 1.66. The summed E-state index contributed by atoms with van der Waals surface area (Å²) >= 11 is 0. The van der Waals surface area contributed by atoms with E-state index in [-0.39, 0.29) is 11.9 Å². The van der Waals surface area contributed by atoms with Crippen molar-refractivity contribution in [2.75, 3.05) is 0 Å². The van der Waals surface area contributed by atoms with Gasteiger partial charge in [0, 0.05) is 6.04 Å². The third-order valence-electron chi connectivity index (χ3n) is 3.88. The van der Waals surface area contributed by atoms with Gasteiger partial charge >= 0.3 is 6.09 Å². The number of amides is 2. The average Bonchev–Trinajstić information content (AvgIpc) is 2.76. The van der Waals surface area contributed by atoms with Crippen LogP contribution in [0.25, 0.3) is 0 Å². The molecule has 1 saturated carbocycles. The van der Waals surface area contributed by atoms with Gasteiger partial charge in [0.15, 0.2) is 0 Å². The fourth-order valence-corrected chi connectivity index (χ4v) is 2.62. The van der Waals surface area contributed by atoms with Gasteiger partial charge in [0.25, 0.3) is 0 Å². The van der Waals surface area contributed by atoms with Gasteiger partial charge in [-0.2, -0.15) is 0 Å². The van der Waals surface area contributed by atoms with E-state index in [0.29, 0.717) is 5.75 Å². The maximum atomic E-state index is 12.1. The van der Waals surface area contributed by atoms with Crippen LogP contribution in [0.1, 0.15) is 45.4 Å². The van der Waals surface area contributed by atoms with Crippen LogP contribution < -0.4 is 15.4 Å². The lowest BCUT2D eigenvalue weighted by Gasteiger charge is -2.20. The minimum atomic E-state index is -0.616. The fraction of sp³-hybridized carbons (Fsp3) is 0.529. The molecule has 0 spiro atoms. The number of carbonyl (C=O) groups excluding carboxylic acids is 2. The summed E-state index contributed by atoms with van der Waals surface area (Å²) in [4.78, 5) is 23.9. The molecule has 22 heavy (non-hydrogen) atoms. The molecular weight excluding hydrogens is 280 g/mol. The number of hydrogen-bond acceptors (Lipinski definition) is 3. The highest BCUT2D eigenvalue weighted by atomic mass is 16.6. The Labute approximate surface area is 131 Å². The highest BCUT2D eigenvalue weighted by Crippen LogP contribution is 2.17. The van der Waals surface area contributed by atoms with E-state index in [9.17, 15) is 9.59 Å². The van der Waals surface area contributed by atoms with Gasteiger partial charge in [-0.3, -0.25) is 4.79 Å². The maximum absolute atomic E-state index is 12.1. The van der Waals surface area contributed by atoms with Crippen molar-refractivity contribution >= 4 is 12.0 Å². The predicted octanol–water partition coefficient (Wildman–Crippen LogP) is 3.00. The van der Waals surface area contributed by atoms with Gasteiger partial charge in [-0.05, 0) is 31.9 Å². The van der Waals surface area contributed by atoms with Crippen LogP contribution in [0.15, 0.2) is 30.3 Å². The molecule has 1 atom stereocenters. The zero-order chi connectivity index (χ0) is 15.8. The van der Waals surface area contributed by atoms with Crippen molar-refractivity contribution < 1.29 is 14.3 Å². The number of hydrogen-bond donors (Lipinski definition) is 2. The first kappa shape index (κ1) is 16.3. The molecule has 1 aliphatic rings. The molecule has 2 rings (SSSR count). The van der Waals surface area contributed by atoms with E-state index in [2.05, 4.69) is 10.6 Å². The van der Waals surface area contributed by atoms with E-state index in [1.165, 1.54) is 12.8 Å². The monoisotopic (exact) mass is 304 g/mol. The Balaban J connectivity index is 1.76. The number of benzene rings is 1. The third kappa shape index (κ3) is 5.39. The molecule has 0 aliphatic heterocycles. The molecule has 0 unspecified atom stereocenters. The van der Waals surface area contributed by atoms with Crippen molar-refractivity contribution in [2.24, 2.45) is 0 Å². The molecule has 1 aliphatic carbocycles. The van der Waals surface area contributed by atoms with Crippen LogP contribution in [0.2, 0.25) is 0 Å². The number of para-hydroxylation sites is 1. The molecule has 120 valence electrons. The van der Waals surface area contributed by atoms with E-state index < -0.39 is 12.1 Å². The summed E-state index contributed by atoms with van der Waals surface area (Å²) in [5.74, 6) is 0.299. The zero-order valence-corrected chi connectivity index (χ0v) is 13.0. The minimum absolute atomic E-state index is 0.156. The maximum Gasteiger partial charge on any atom is 0.413 e. The second-order valence-corrected chi connectivity index (χ2v) is 5.77. The number of ether oxygens (including phenoxy) is 1. The lowest BCUT2D eigenvalue weighted by Crippen LogP contribution is -2.48. The SMILES string of the molecule is C[C@H](NC(=O)Oc1ccccc1)C(=O)NC1CCCCCC1. The normalized spacial score (nSPS) is 17.1. The highest BCUT2D eigenvalue weighted by molar-refractivity contribution is 5.85. The zero-order valence-electron chi connectivity index (χ0n) is 13.0. The Hall–Kier alpha value is -2.04. The van der Waals surface area contributed by atoms with Gasteiger partial charge in [-0.1, -0.05) is 43.9 Å². The molecule has 0 heterocycles. The first-order chi connectivity index (χ1) is 10.6. The van der Waals surface area contributed by atoms with Crippen molar-refractivity contribution in [3.05, 3.63) is 30.3 Å². The molecule has 0 radical (unpaired) electrons. The van der Waals surface area contributed by atoms with Crippen molar-refractivity contribution in [1.82, 2.24) is 10.6 Å². The minimum Gasteiger partial charge on any atom is -0.410 e. The Morgan fingerprint density at radius 2 is 1.73 bits per heavy atom. The predicted molar refractivity (Wildman–Crippen MR) is 84.7 cm³/mol. The van der Waals surface area contributed by atoms with Crippen LogP contribution in [-0.4, -0.2) is 24.1 Å². The first-order valence-electron chi connectivity index (χ1n) is 7.99. The van der Waals surface area contributed by atoms with E-state index >= 15 is 0 Å². The van der Waals surface area contributed by atoms with Crippen LogP contribution in [0, 0.1) is 0 Å². The van der Waals surface area contributed by atoms with Crippen molar-refractivity contribution in [1.29, 1.82) is 0 Å². The first-order valence-corrected chi connectivity index (χ1v) is 7.99. The van der Waals surface area contributed by atoms with E-state index in [0.717, 1.165) is 25.7 Å². The summed E-state index contributed by atoms with van der Waals surface area (Å²) in [5.41, 5.74) is 0. The van der Waals surface area contributed by atoms with Gasteiger partial charge in [0.2, 0.25) is 5.91 Å². The molecule has 2 N–H and O–H groups in total. The molecule has 1 fully saturated rings. The Morgan fingerprint density at radius 3 is 2.36 bits per heavy atom. The summed E-state index contributed by atoms with van der Waals surface area (Å²) in [6, 6.07) is 8.40. The van der Waals surface area contributed by atoms with Gasteiger partial charge < -0.3 is 15.4 Å². The molecule has 1 aromatic carbocycles. The smallest absolute Gasteiger partial charge is 0.410 e. The van der Waals surface area contributed by atoms with E-state index in [4.69, 9.17) is 4.74 Å². The van der Waals surface area contributed by atoms with Crippen molar-refractivity contribution in [2.45, 2.75) is 57.5 Å². The Kier molecular flexibility index (Phi) is 6.25. The molecule has 0 saturated heterocycles. The quantitative estimate of drug-likeness (QED) is 0.840. The number of carbonyl (C=O) groups is 2. The van der Waals surface area contributed by atoms with Crippen LogP contribution >= 0.6 is 0 Å². The molecule has 5 nitrogen and oxygen atoms in total. The van der Waals surface area contributed by atoms with Gasteiger partial charge in [-0.25, -0.2) is 4.79 Å². The molecule has 2 amide bonds. The van der Waals surface area contributed by atoms with E-state index in [1.807, 2.05) is 6.07 Å². The van der Waals surface area contributed by atoms with Crippen LogP contribution in [0.4, 0.5) is 4.79 Å². The third-order valence-corrected chi connectivity index (χ3v) is 3.88. The summed E-state index contributed by atoms with van der Waals surface area (Å²) in [5, 5.41) is 5.58. The number of rotatable bonds is 4. The Morgan fingerprint density at radius 1 is 1.09 bits per heavy atom. The van der Waals surface area contributed by atoms with Crippen molar-refractivity contribution in [3.8, 4) is 5.75 Å². The summed E-state index contributed by atoms with van der Waals surface area (Å²) in [7, 11) is 0. The van der Waals surface area contributed by atoms with E-state index in [1.54, 1.807) is 31.2 Å². The summed E-state index contributed by atoms with van der Waals surface area (Å²) < 4.78 is 5.12.